The molecule has 0 aromatic heterocycles. The first-order valence-corrected chi connectivity index (χ1v) is 3.24. The van der Waals surface area contributed by atoms with Crippen LogP contribution in [0.25, 0.3) is 10.8 Å². The first-order chi connectivity index (χ1) is 4.29. The largest absolute Gasteiger partial charge is 0.177 e. The van der Waals surface area contributed by atoms with Gasteiger partial charge in [-0.2, -0.15) is 17.0 Å². The van der Waals surface area contributed by atoms with Crippen LogP contribution in [0.1, 0.15) is 11.1 Å². The molecular formula is C9H9Y25-. The monoisotopic (exact) mass is 2340 g/mol. The van der Waals surface area contributed by atoms with Gasteiger partial charge in [-0.15, -0.1) is 23.1 Å². The molecule has 0 N–H and O–H groups in total. The minimum Gasteiger partial charge on any atom is -0.177 e. The van der Waals surface area contributed by atoms with Crippen molar-refractivity contribution in [2.24, 2.45) is 0 Å². The Hall–Kier alpha value is 26.7. The molecule has 2 rings (SSSR count). The van der Waals surface area contributed by atoms with Gasteiger partial charge in [0.15, 0.2) is 0 Å². The fourth-order valence-electron chi connectivity index (χ4n) is 1.34. The molecule has 0 aliphatic carbocycles. The van der Waals surface area contributed by atoms with Crippen molar-refractivity contribution in [1.29, 1.82) is 0 Å². The minimum absolute atomic E-state index is 0. The molecule has 2 aromatic rings. The van der Waals surface area contributed by atoms with Crippen LogP contribution in [0.4, 0.5) is 0 Å². The summed E-state index contributed by atoms with van der Waals surface area (Å²) in [5, 5.41) is 2.81. The average molecular weight is 2340 g/mol. The molecule has 2 bridgehead atoms. The summed E-state index contributed by atoms with van der Waals surface area (Å²) in [7, 11) is 0. The quantitative estimate of drug-likeness (QED) is 0.357. The van der Waals surface area contributed by atoms with E-state index in [2.05, 4.69) is 32.0 Å². The van der Waals surface area contributed by atoms with E-state index in [4.69, 9.17) is 0 Å². The molecular weight excluding hydrogens is 2330 g/mol. The number of benzene rings is 1. The topological polar surface area (TPSA) is 0 Å². The third kappa shape index (κ3) is 85.9. The zero-order chi connectivity index (χ0) is 6.43. The van der Waals surface area contributed by atoms with Crippen LogP contribution in [0, 0.1) is 13.8 Å². The van der Waals surface area contributed by atoms with Gasteiger partial charge in [0.25, 0.3) is 0 Å². The summed E-state index contributed by atoms with van der Waals surface area (Å²) >= 11 is 0. The van der Waals surface area contributed by atoms with Crippen LogP contribution in [0.3, 0.4) is 0 Å². The molecule has 25 radical (unpaired) electrons. The number of hydrogen-bond acceptors (Lipinski definition) is 0. The molecule has 0 nitrogen and oxygen atoms in total. The summed E-state index contributed by atoms with van der Waals surface area (Å²) in [6, 6.07) is 6.60. The number of aryl methyl sites for hydroxylation is 2. The Morgan fingerprint density at radius 3 is 0.676 bits per heavy atom. The third-order valence-corrected chi connectivity index (χ3v) is 2.18. The second-order valence-corrected chi connectivity index (χ2v) is 2.64. The van der Waals surface area contributed by atoms with Crippen molar-refractivity contribution in [3.8, 4) is 0 Å². The van der Waals surface area contributed by atoms with Gasteiger partial charge in [0.2, 0.25) is 0 Å². The summed E-state index contributed by atoms with van der Waals surface area (Å²) < 4.78 is 0. The Labute approximate surface area is 839 Å². The Morgan fingerprint density at radius 1 is 0.382 bits per heavy atom. The number of rotatable bonds is 0. The molecule has 0 heterocycles. The number of fused-ring (bicyclic) bond motifs is 2. The maximum Gasteiger partial charge on any atom is 0 e. The van der Waals surface area contributed by atoms with E-state index >= 15 is 0 Å². The van der Waals surface area contributed by atoms with E-state index in [1.807, 2.05) is 0 Å². The molecule has 0 unspecified atom stereocenters. The van der Waals surface area contributed by atoms with Gasteiger partial charge in [0, 0.05) is 818 Å². The molecule has 0 aliphatic rings. The Morgan fingerprint density at radius 2 is 0.588 bits per heavy atom. The maximum atomic E-state index is 2.24. The van der Waals surface area contributed by atoms with E-state index in [0.717, 1.165) is 0 Å². The van der Waals surface area contributed by atoms with Crippen molar-refractivity contribution in [2.45, 2.75) is 13.8 Å². The van der Waals surface area contributed by atoms with Gasteiger partial charge in [-0.25, -0.2) is 0 Å². The van der Waals surface area contributed by atoms with E-state index in [1.54, 1.807) is 0 Å². The molecule has 0 saturated heterocycles. The molecule has 0 saturated carbocycles. The second kappa shape index (κ2) is 118. The second-order valence-electron chi connectivity index (χ2n) is 2.64. The summed E-state index contributed by atoms with van der Waals surface area (Å²) in [5.74, 6) is 0. The van der Waals surface area contributed by atoms with Gasteiger partial charge in [-0.3, -0.25) is 0 Å². The summed E-state index contributed by atoms with van der Waals surface area (Å²) in [5.41, 5.74) is 2.90. The van der Waals surface area contributed by atoms with Crippen molar-refractivity contribution in [2.75, 3.05) is 0 Å². The molecule has 0 amide bonds. The fourth-order valence-corrected chi connectivity index (χ4v) is 1.34. The van der Waals surface area contributed by atoms with Crippen molar-refractivity contribution in [1.82, 2.24) is 0 Å². The SMILES string of the molecule is Cc1c(C)[c-]2ccc1c2.[Y].[Y].[Y].[Y].[Y].[Y].[Y].[Y].[Y].[Y].[Y].[Y].[Y].[Y].[Y].[Y].[Y].[Y].[Y].[Y].[Y].[Y].[Y].[Y].[Y]. The maximum absolute atomic E-state index is 2.24. The summed E-state index contributed by atoms with van der Waals surface area (Å²) in [4.78, 5) is 0. The van der Waals surface area contributed by atoms with E-state index in [-0.39, 0.29) is 818 Å². The standard InChI is InChI=1S/C9H9.25Y/c1-6-7(2)9-4-3-8(6)5-9;;;;;;;;;;;;;;;;;;;;;;;;;/h3-5H,1-2H3;;;;;;;;;;;;;;;;;;;;;;;;;/q-1;;;;;;;;;;;;;;;;;;;;;;;;;. The molecule has 0 aliphatic heterocycles. The van der Waals surface area contributed by atoms with Gasteiger partial charge in [0.05, 0.1) is 0 Å². The summed E-state index contributed by atoms with van der Waals surface area (Å²) in [6.07, 6.45) is 0. The van der Waals surface area contributed by atoms with Crippen LogP contribution in [0.2, 0.25) is 0 Å². The smallest absolute Gasteiger partial charge is 0 e. The van der Waals surface area contributed by atoms with Gasteiger partial charge in [-0.1, -0.05) is 13.8 Å². The molecule has 25 heteroatoms. The van der Waals surface area contributed by atoms with Gasteiger partial charge in [0.1, 0.15) is 0 Å². The fraction of sp³-hybridized carbons (Fsp3) is 0.222. The van der Waals surface area contributed by atoms with Crippen molar-refractivity contribution < 1.29 is 818 Å². The molecule has 2 aromatic carbocycles. The Kier molecular flexibility index (Phi) is 559. The minimum atomic E-state index is 0. The van der Waals surface area contributed by atoms with E-state index in [0.29, 0.717) is 0 Å². The predicted octanol–water partition coefficient (Wildman–Crippen LogP) is 2.55. The van der Waals surface area contributed by atoms with Crippen molar-refractivity contribution >= 4 is 10.8 Å². The van der Waals surface area contributed by atoms with E-state index in [1.165, 1.54) is 21.9 Å². The number of hydrogen-bond donors (Lipinski definition) is 0. The average Bonchev–Trinajstić information content (AvgIpc) is 2.37. The molecule has 34 heavy (non-hydrogen) atoms. The Bertz CT molecular complexity index is 312. The predicted molar refractivity (Wildman–Crippen MR) is 40.2 cm³/mol. The van der Waals surface area contributed by atoms with Gasteiger partial charge in [-0.05, 0) is 0 Å². The molecule has 0 fully saturated rings. The van der Waals surface area contributed by atoms with Crippen LogP contribution in [0.15, 0.2) is 18.2 Å². The van der Waals surface area contributed by atoms with Crippen LogP contribution in [0.5, 0.6) is 0 Å². The van der Waals surface area contributed by atoms with Crippen molar-refractivity contribution in [3.63, 3.8) is 0 Å². The molecule has 0 spiro atoms. The normalized spacial score (nSPS) is 3.00. The van der Waals surface area contributed by atoms with Crippen LogP contribution < -0.4 is 0 Å². The van der Waals surface area contributed by atoms with E-state index < -0.39 is 0 Å². The molecule has 121 valence electrons. The van der Waals surface area contributed by atoms with Crippen LogP contribution in [-0.2, 0) is 818 Å². The zero-order valence-corrected chi connectivity index (χ0v) is 91.1. The van der Waals surface area contributed by atoms with Crippen molar-refractivity contribution in [3.05, 3.63) is 29.3 Å². The molecule has 0 atom stereocenters. The third-order valence-electron chi connectivity index (χ3n) is 2.18. The van der Waals surface area contributed by atoms with E-state index in [9.17, 15) is 0 Å². The first kappa shape index (κ1) is 161. The van der Waals surface area contributed by atoms with Crippen LogP contribution >= 0.6 is 0 Å². The Balaban J connectivity index is -0.00000000182. The summed E-state index contributed by atoms with van der Waals surface area (Å²) in [6.45, 7) is 4.36. The first-order valence-electron chi connectivity index (χ1n) is 3.24. The zero-order valence-electron chi connectivity index (χ0n) is 20.2. The van der Waals surface area contributed by atoms with Crippen LogP contribution in [-0.4, -0.2) is 0 Å². The van der Waals surface area contributed by atoms with Gasteiger partial charge >= 0.3 is 0 Å². The van der Waals surface area contributed by atoms with Gasteiger partial charge < -0.3 is 0 Å².